The van der Waals surface area contributed by atoms with E-state index in [1.807, 2.05) is 6.07 Å². The molecule has 1 aliphatic rings. The molecular weight excluding hydrogens is 382 g/mol. The highest BCUT2D eigenvalue weighted by Gasteiger charge is 2.31. The molecule has 0 aliphatic carbocycles. The zero-order chi connectivity index (χ0) is 20.7. The molecule has 0 unspecified atom stereocenters. The van der Waals surface area contributed by atoms with Gasteiger partial charge in [-0.1, -0.05) is 30.3 Å². The summed E-state index contributed by atoms with van der Waals surface area (Å²) in [6.45, 7) is 2.44. The average molecular weight is 406 g/mol. The number of hydrogen-bond acceptors (Lipinski definition) is 2. The van der Waals surface area contributed by atoms with Crippen LogP contribution in [0.15, 0.2) is 66.7 Å². The molecule has 2 atom stereocenters. The van der Waals surface area contributed by atoms with E-state index < -0.39 is 6.10 Å². The second-order valence-corrected chi connectivity index (χ2v) is 8.15. The predicted molar refractivity (Wildman–Crippen MR) is 116 cm³/mol. The van der Waals surface area contributed by atoms with E-state index in [0.717, 1.165) is 30.5 Å². The molecule has 154 valence electrons. The van der Waals surface area contributed by atoms with E-state index in [0.29, 0.717) is 23.7 Å². The van der Waals surface area contributed by atoms with Crippen LogP contribution in [0.2, 0.25) is 0 Å². The average Bonchev–Trinajstić information content (AvgIpc) is 3.06. The molecular formula is C25H24F2N2O. The summed E-state index contributed by atoms with van der Waals surface area (Å²) in [4.78, 5) is 2.37. The van der Waals surface area contributed by atoms with Crippen LogP contribution >= 0.6 is 0 Å². The second-order valence-electron chi connectivity index (χ2n) is 8.15. The Bertz CT molecular complexity index is 1130. The minimum atomic E-state index is -0.508. The van der Waals surface area contributed by atoms with Gasteiger partial charge in [0.15, 0.2) is 0 Å². The van der Waals surface area contributed by atoms with Crippen LogP contribution in [0.25, 0.3) is 21.8 Å². The van der Waals surface area contributed by atoms with Crippen molar-refractivity contribution < 1.29 is 13.9 Å². The summed E-state index contributed by atoms with van der Waals surface area (Å²) in [7, 11) is 0. The molecule has 3 aromatic carbocycles. The monoisotopic (exact) mass is 406 g/mol. The van der Waals surface area contributed by atoms with Gasteiger partial charge in [0.05, 0.1) is 12.1 Å². The molecule has 0 radical (unpaired) electrons. The van der Waals surface area contributed by atoms with Crippen LogP contribution in [0.3, 0.4) is 0 Å². The fraction of sp³-hybridized carbons (Fsp3) is 0.280. The van der Waals surface area contributed by atoms with Gasteiger partial charge >= 0.3 is 0 Å². The van der Waals surface area contributed by atoms with Gasteiger partial charge in [0, 0.05) is 41.4 Å². The Hall–Kier alpha value is -2.76. The zero-order valence-electron chi connectivity index (χ0n) is 16.6. The summed E-state index contributed by atoms with van der Waals surface area (Å²) >= 11 is 0. The van der Waals surface area contributed by atoms with Gasteiger partial charge in [0.25, 0.3) is 0 Å². The van der Waals surface area contributed by atoms with Gasteiger partial charge in [-0.15, -0.1) is 0 Å². The molecule has 1 N–H and O–H groups in total. The lowest BCUT2D eigenvalue weighted by molar-refractivity contribution is 0.0365. The van der Waals surface area contributed by atoms with E-state index >= 15 is 0 Å². The Kier molecular flexibility index (Phi) is 5.01. The number of aliphatic hydroxyl groups is 1. The van der Waals surface area contributed by atoms with E-state index in [4.69, 9.17) is 0 Å². The topological polar surface area (TPSA) is 28.4 Å². The highest BCUT2D eigenvalue weighted by Crippen LogP contribution is 2.36. The molecule has 4 aromatic rings. The van der Waals surface area contributed by atoms with Gasteiger partial charge in [-0.3, -0.25) is 0 Å². The molecule has 0 bridgehead atoms. The molecule has 1 aromatic heterocycles. The largest absolute Gasteiger partial charge is 0.391 e. The maximum Gasteiger partial charge on any atom is 0.123 e. The van der Waals surface area contributed by atoms with Gasteiger partial charge in [-0.2, -0.15) is 0 Å². The van der Waals surface area contributed by atoms with Crippen LogP contribution in [-0.2, 0) is 6.42 Å². The standard InChI is InChI=1S/C25H24F2N2O/c26-18-6-8-22-20(14-18)21-15-19(27)7-9-23(21)29(22)24-16-28(13-11-25(24)30)12-10-17-4-2-1-3-5-17/h1-9,14-15,24-25,30H,10-13,16H2/t24-,25-/m1/s1. The summed E-state index contributed by atoms with van der Waals surface area (Å²) in [6.07, 6.45) is 1.11. The molecule has 1 saturated heterocycles. The van der Waals surface area contributed by atoms with Gasteiger partial charge < -0.3 is 14.6 Å². The van der Waals surface area contributed by atoms with E-state index in [9.17, 15) is 13.9 Å². The molecule has 5 rings (SSSR count). The predicted octanol–water partition coefficient (Wildman–Crippen LogP) is 4.92. The van der Waals surface area contributed by atoms with Crippen LogP contribution in [0.1, 0.15) is 18.0 Å². The molecule has 0 amide bonds. The number of halogens is 2. The summed E-state index contributed by atoms with van der Waals surface area (Å²) in [5.41, 5.74) is 2.94. The smallest absolute Gasteiger partial charge is 0.123 e. The normalized spacial score (nSPS) is 20.2. The number of hydrogen-bond donors (Lipinski definition) is 1. The lowest BCUT2D eigenvalue weighted by atomic mass is 10.0. The number of piperidine rings is 1. The van der Waals surface area contributed by atoms with Crippen molar-refractivity contribution in [2.75, 3.05) is 19.6 Å². The van der Waals surface area contributed by atoms with E-state index in [1.54, 1.807) is 12.1 Å². The van der Waals surface area contributed by atoms with Crippen LogP contribution in [0, 0.1) is 11.6 Å². The molecule has 5 heteroatoms. The third-order valence-corrected chi connectivity index (χ3v) is 6.25. The first-order valence-electron chi connectivity index (χ1n) is 10.4. The Balaban J connectivity index is 1.51. The summed E-state index contributed by atoms with van der Waals surface area (Å²) < 4.78 is 30.0. The van der Waals surface area contributed by atoms with E-state index in [1.165, 1.54) is 29.8 Å². The minimum Gasteiger partial charge on any atom is -0.391 e. The fourth-order valence-corrected chi connectivity index (χ4v) is 4.73. The maximum atomic E-state index is 14.0. The van der Waals surface area contributed by atoms with Crippen LogP contribution in [0.4, 0.5) is 8.78 Å². The van der Waals surface area contributed by atoms with Gasteiger partial charge in [-0.05, 0) is 54.8 Å². The Morgan fingerprint density at radius 2 is 1.50 bits per heavy atom. The molecule has 0 spiro atoms. The molecule has 30 heavy (non-hydrogen) atoms. The van der Waals surface area contributed by atoms with Crippen molar-refractivity contribution in [3.63, 3.8) is 0 Å². The van der Waals surface area contributed by atoms with Crippen molar-refractivity contribution in [2.24, 2.45) is 0 Å². The molecule has 1 fully saturated rings. The second kappa shape index (κ2) is 7.82. The van der Waals surface area contributed by atoms with Crippen molar-refractivity contribution in [3.8, 4) is 0 Å². The number of aliphatic hydroxyl groups excluding tert-OH is 1. The number of nitrogens with zero attached hydrogens (tertiary/aromatic N) is 2. The fourth-order valence-electron chi connectivity index (χ4n) is 4.73. The number of aromatic nitrogens is 1. The maximum absolute atomic E-state index is 14.0. The minimum absolute atomic E-state index is 0.176. The van der Waals surface area contributed by atoms with Gasteiger partial charge in [-0.25, -0.2) is 8.78 Å². The Morgan fingerprint density at radius 3 is 2.13 bits per heavy atom. The first-order chi connectivity index (χ1) is 14.6. The van der Waals surface area contributed by atoms with Crippen molar-refractivity contribution >= 4 is 21.8 Å². The van der Waals surface area contributed by atoms with Gasteiger partial charge in [0.1, 0.15) is 11.6 Å². The third-order valence-electron chi connectivity index (χ3n) is 6.25. The van der Waals surface area contributed by atoms with Crippen LogP contribution in [0.5, 0.6) is 0 Å². The third kappa shape index (κ3) is 3.48. The van der Waals surface area contributed by atoms with Crippen molar-refractivity contribution in [3.05, 3.63) is 83.9 Å². The molecule has 3 nitrogen and oxygen atoms in total. The van der Waals surface area contributed by atoms with Gasteiger partial charge in [0.2, 0.25) is 0 Å². The van der Waals surface area contributed by atoms with Crippen LogP contribution < -0.4 is 0 Å². The Labute approximate surface area is 174 Å². The highest BCUT2D eigenvalue weighted by molar-refractivity contribution is 6.08. The quantitative estimate of drug-likeness (QED) is 0.521. The summed E-state index contributed by atoms with van der Waals surface area (Å²) in [5, 5.41) is 12.2. The lowest BCUT2D eigenvalue weighted by Gasteiger charge is -2.37. The zero-order valence-corrected chi connectivity index (χ0v) is 16.6. The molecule has 2 heterocycles. The van der Waals surface area contributed by atoms with Crippen LogP contribution in [-0.4, -0.2) is 40.3 Å². The highest BCUT2D eigenvalue weighted by atomic mass is 19.1. The number of benzene rings is 3. The number of rotatable bonds is 4. The van der Waals surface area contributed by atoms with Crippen molar-refractivity contribution in [1.29, 1.82) is 0 Å². The SMILES string of the molecule is O[C@@H]1CCN(CCc2ccccc2)C[C@H]1n1c2ccc(F)cc2c2cc(F)ccc21. The lowest BCUT2D eigenvalue weighted by Crippen LogP contribution is -2.44. The summed E-state index contributed by atoms with van der Waals surface area (Å²) in [6, 6.07) is 19.4. The Morgan fingerprint density at radius 1 is 0.867 bits per heavy atom. The number of likely N-dealkylation sites (tertiary alicyclic amines) is 1. The van der Waals surface area contributed by atoms with E-state index in [-0.39, 0.29) is 17.7 Å². The summed E-state index contributed by atoms with van der Waals surface area (Å²) in [5.74, 6) is -0.695. The van der Waals surface area contributed by atoms with Crippen molar-refractivity contribution in [2.45, 2.75) is 25.0 Å². The first kappa shape index (κ1) is 19.2. The molecule has 1 aliphatic heterocycles. The molecule has 0 saturated carbocycles. The number of fused-ring (bicyclic) bond motifs is 3. The van der Waals surface area contributed by atoms with E-state index in [2.05, 4.69) is 33.7 Å². The first-order valence-corrected chi connectivity index (χ1v) is 10.4. The van der Waals surface area contributed by atoms with Crippen molar-refractivity contribution in [1.82, 2.24) is 9.47 Å².